The van der Waals surface area contributed by atoms with Gasteiger partial charge in [0.25, 0.3) is 0 Å². The molecule has 1 rings (SSSR count). The average molecular weight is 174 g/mol. The summed E-state index contributed by atoms with van der Waals surface area (Å²) in [5, 5.41) is 0. The second-order valence-corrected chi connectivity index (χ2v) is 4.91. The minimum Gasteiger partial charge on any atom is -0.368 e. The summed E-state index contributed by atoms with van der Waals surface area (Å²) in [4.78, 5) is 13.0. The molecule has 4 heteroatoms. The first-order valence-corrected chi connectivity index (χ1v) is 4.60. The SMILES string of the molecule is CN1[C@H](C(N)=O)CSC1(C)C. The van der Waals surface area contributed by atoms with Crippen LogP contribution in [0.4, 0.5) is 0 Å². The number of hydrogen-bond donors (Lipinski definition) is 1. The van der Waals surface area contributed by atoms with Crippen molar-refractivity contribution in [3.63, 3.8) is 0 Å². The van der Waals surface area contributed by atoms with E-state index >= 15 is 0 Å². The molecule has 0 aromatic carbocycles. The number of amides is 1. The Hall–Kier alpha value is -0.220. The van der Waals surface area contributed by atoms with Crippen molar-refractivity contribution in [1.29, 1.82) is 0 Å². The number of carbonyl (C=O) groups is 1. The molecular formula is C7H14N2OS. The minimum atomic E-state index is -0.217. The largest absolute Gasteiger partial charge is 0.368 e. The second-order valence-electron chi connectivity index (χ2n) is 3.29. The van der Waals surface area contributed by atoms with Gasteiger partial charge in [-0.1, -0.05) is 0 Å². The lowest BCUT2D eigenvalue weighted by atomic mass is 10.2. The maximum atomic E-state index is 10.9. The van der Waals surface area contributed by atoms with Gasteiger partial charge in [0.1, 0.15) is 0 Å². The molecule has 11 heavy (non-hydrogen) atoms. The van der Waals surface area contributed by atoms with Crippen LogP contribution >= 0.6 is 11.8 Å². The van der Waals surface area contributed by atoms with Gasteiger partial charge >= 0.3 is 0 Å². The number of likely N-dealkylation sites (N-methyl/N-ethyl adjacent to an activating group) is 1. The maximum absolute atomic E-state index is 10.9. The van der Waals surface area contributed by atoms with Crippen LogP contribution in [-0.4, -0.2) is 34.5 Å². The molecule has 0 unspecified atom stereocenters. The Kier molecular flexibility index (Phi) is 2.16. The van der Waals surface area contributed by atoms with Crippen LogP contribution in [0.1, 0.15) is 13.8 Å². The molecule has 1 atom stereocenters. The van der Waals surface area contributed by atoms with Crippen LogP contribution in [0, 0.1) is 0 Å². The van der Waals surface area contributed by atoms with Crippen molar-refractivity contribution < 1.29 is 4.79 Å². The van der Waals surface area contributed by atoms with Crippen LogP contribution in [0.2, 0.25) is 0 Å². The smallest absolute Gasteiger partial charge is 0.235 e. The summed E-state index contributed by atoms with van der Waals surface area (Å²) in [5.41, 5.74) is 5.22. The van der Waals surface area contributed by atoms with Crippen LogP contribution in [0.5, 0.6) is 0 Å². The number of thioether (sulfide) groups is 1. The zero-order valence-electron chi connectivity index (χ0n) is 7.13. The van der Waals surface area contributed by atoms with E-state index in [1.807, 2.05) is 11.9 Å². The normalized spacial score (nSPS) is 30.6. The van der Waals surface area contributed by atoms with Crippen molar-refractivity contribution in [2.75, 3.05) is 12.8 Å². The molecule has 1 amide bonds. The van der Waals surface area contributed by atoms with E-state index in [0.29, 0.717) is 0 Å². The third-order valence-electron chi connectivity index (χ3n) is 2.24. The molecule has 1 fully saturated rings. The van der Waals surface area contributed by atoms with E-state index in [1.165, 1.54) is 0 Å². The van der Waals surface area contributed by atoms with E-state index in [2.05, 4.69) is 13.8 Å². The fourth-order valence-electron chi connectivity index (χ4n) is 1.14. The zero-order valence-corrected chi connectivity index (χ0v) is 7.94. The number of rotatable bonds is 1. The Morgan fingerprint density at radius 1 is 1.73 bits per heavy atom. The van der Waals surface area contributed by atoms with Gasteiger partial charge in [0.15, 0.2) is 0 Å². The van der Waals surface area contributed by atoms with E-state index in [9.17, 15) is 4.79 Å². The monoisotopic (exact) mass is 174 g/mol. The third-order valence-corrected chi connectivity index (χ3v) is 3.72. The van der Waals surface area contributed by atoms with E-state index in [-0.39, 0.29) is 16.8 Å². The Morgan fingerprint density at radius 3 is 2.45 bits per heavy atom. The molecule has 3 nitrogen and oxygen atoms in total. The van der Waals surface area contributed by atoms with Gasteiger partial charge in [0.2, 0.25) is 5.91 Å². The molecule has 1 heterocycles. The van der Waals surface area contributed by atoms with E-state index in [1.54, 1.807) is 11.8 Å². The van der Waals surface area contributed by atoms with Crippen LogP contribution < -0.4 is 5.73 Å². The van der Waals surface area contributed by atoms with Crippen molar-refractivity contribution in [2.45, 2.75) is 24.8 Å². The van der Waals surface area contributed by atoms with Crippen LogP contribution in [0.25, 0.3) is 0 Å². The van der Waals surface area contributed by atoms with Gasteiger partial charge in [-0.25, -0.2) is 0 Å². The zero-order chi connectivity index (χ0) is 8.65. The number of hydrogen-bond acceptors (Lipinski definition) is 3. The highest BCUT2D eigenvalue weighted by Gasteiger charge is 2.39. The van der Waals surface area contributed by atoms with Crippen molar-refractivity contribution in [3.8, 4) is 0 Å². The molecule has 0 radical (unpaired) electrons. The molecule has 0 aromatic heterocycles. The van der Waals surface area contributed by atoms with Gasteiger partial charge < -0.3 is 5.73 Å². The number of nitrogens with zero attached hydrogens (tertiary/aromatic N) is 1. The number of carbonyl (C=O) groups excluding carboxylic acids is 1. The van der Waals surface area contributed by atoms with Gasteiger partial charge in [-0.2, -0.15) is 0 Å². The fourth-order valence-corrected chi connectivity index (χ4v) is 2.43. The summed E-state index contributed by atoms with van der Waals surface area (Å²) in [5.74, 6) is 0.601. The standard InChI is InChI=1S/C7H14N2OS/c1-7(2)9(3)5(4-11-7)6(8)10/h5H,4H2,1-3H3,(H2,8,10)/t5-/m0/s1. The topological polar surface area (TPSA) is 46.3 Å². The second kappa shape index (κ2) is 2.68. The van der Waals surface area contributed by atoms with Crippen molar-refractivity contribution in [1.82, 2.24) is 4.90 Å². The first-order valence-electron chi connectivity index (χ1n) is 3.61. The number of primary amides is 1. The first-order chi connectivity index (χ1) is 4.95. The van der Waals surface area contributed by atoms with Crippen LogP contribution in [0.3, 0.4) is 0 Å². The van der Waals surface area contributed by atoms with Gasteiger partial charge in [0.05, 0.1) is 10.9 Å². The van der Waals surface area contributed by atoms with E-state index in [4.69, 9.17) is 5.73 Å². The van der Waals surface area contributed by atoms with E-state index < -0.39 is 0 Å². The lowest BCUT2D eigenvalue weighted by Gasteiger charge is -2.28. The predicted octanol–water partition coefficient (Wildman–Crippen LogP) is 0.255. The molecular weight excluding hydrogens is 160 g/mol. The molecule has 1 aliphatic rings. The lowest BCUT2D eigenvalue weighted by molar-refractivity contribution is -0.122. The molecule has 2 N–H and O–H groups in total. The average Bonchev–Trinajstić information content (AvgIpc) is 2.09. The maximum Gasteiger partial charge on any atom is 0.235 e. The Labute approximate surface area is 71.3 Å². The van der Waals surface area contributed by atoms with Crippen molar-refractivity contribution in [2.24, 2.45) is 5.73 Å². The molecule has 0 spiro atoms. The third kappa shape index (κ3) is 1.51. The highest BCUT2D eigenvalue weighted by molar-refractivity contribution is 8.00. The predicted molar refractivity (Wildman–Crippen MR) is 47.3 cm³/mol. The molecule has 0 bridgehead atoms. The summed E-state index contributed by atoms with van der Waals surface area (Å²) >= 11 is 1.77. The molecule has 1 saturated heterocycles. The van der Waals surface area contributed by atoms with Crippen molar-refractivity contribution >= 4 is 17.7 Å². The summed E-state index contributed by atoms with van der Waals surface area (Å²) < 4.78 is 0. The van der Waals surface area contributed by atoms with Crippen LogP contribution in [0.15, 0.2) is 0 Å². The molecule has 0 aromatic rings. The van der Waals surface area contributed by atoms with Gasteiger partial charge in [0, 0.05) is 5.75 Å². The Balaban J connectivity index is 2.71. The summed E-state index contributed by atoms with van der Waals surface area (Å²) in [6.07, 6.45) is 0. The minimum absolute atomic E-state index is 0.0553. The highest BCUT2D eigenvalue weighted by Crippen LogP contribution is 2.36. The Bertz CT molecular complexity index is 181. The quantitative estimate of drug-likeness (QED) is 0.620. The molecule has 64 valence electrons. The number of nitrogens with two attached hydrogens (primary N) is 1. The van der Waals surface area contributed by atoms with Crippen LogP contribution in [-0.2, 0) is 4.79 Å². The molecule has 0 saturated carbocycles. The molecule has 0 aliphatic carbocycles. The summed E-state index contributed by atoms with van der Waals surface area (Å²) in [6.45, 7) is 4.20. The van der Waals surface area contributed by atoms with Crippen molar-refractivity contribution in [3.05, 3.63) is 0 Å². The summed E-state index contributed by atoms with van der Waals surface area (Å²) in [6, 6.07) is -0.0880. The fraction of sp³-hybridized carbons (Fsp3) is 0.857. The Morgan fingerprint density at radius 2 is 2.27 bits per heavy atom. The van der Waals surface area contributed by atoms with Gasteiger partial charge in [-0.15, -0.1) is 11.8 Å². The highest BCUT2D eigenvalue weighted by atomic mass is 32.2. The van der Waals surface area contributed by atoms with Gasteiger partial charge in [-0.05, 0) is 20.9 Å². The first kappa shape index (κ1) is 8.87. The summed E-state index contributed by atoms with van der Waals surface area (Å²) in [7, 11) is 1.94. The molecule has 1 aliphatic heterocycles. The van der Waals surface area contributed by atoms with E-state index in [0.717, 1.165) is 5.75 Å². The van der Waals surface area contributed by atoms with Gasteiger partial charge in [-0.3, -0.25) is 9.69 Å². The lowest BCUT2D eigenvalue weighted by Crippen LogP contribution is -2.45.